The maximum atomic E-state index is 12.9. The van der Waals surface area contributed by atoms with E-state index in [-0.39, 0.29) is 11.9 Å². The Hall–Kier alpha value is -1.38. The van der Waals surface area contributed by atoms with E-state index in [4.69, 9.17) is 11.6 Å². The van der Waals surface area contributed by atoms with Gasteiger partial charge in [-0.1, -0.05) is 41.9 Å². The summed E-state index contributed by atoms with van der Waals surface area (Å²) in [6.45, 7) is 2.00. The zero-order valence-corrected chi connectivity index (χ0v) is 11.8. The molecule has 0 bridgehead atoms. The lowest BCUT2D eigenvalue weighted by Crippen LogP contribution is -2.19. The van der Waals surface area contributed by atoms with Gasteiger partial charge < -0.3 is 5.32 Å². The molecule has 1 unspecified atom stereocenters. The SMILES string of the molecule is CNC(Cc1ccc(F)cc1)c1cccc(C)c1Cl. The lowest BCUT2D eigenvalue weighted by Gasteiger charge is -2.19. The molecule has 19 heavy (non-hydrogen) atoms. The summed E-state index contributed by atoms with van der Waals surface area (Å²) < 4.78 is 12.9. The Bertz CT molecular complexity index is 551. The van der Waals surface area contributed by atoms with Crippen LogP contribution < -0.4 is 5.32 Å². The summed E-state index contributed by atoms with van der Waals surface area (Å²) in [5.74, 6) is -0.210. The van der Waals surface area contributed by atoms with Crippen molar-refractivity contribution in [3.05, 3.63) is 70.0 Å². The van der Waals surface area contributed by atoms with Gasteiger partial charge in [-0.3, -0.25) is 0 Å². The molecule has 0 aromatic heterocycles. The molecule has 2 aromatic carbocycles. The van der Waals surface area contributed by atoms with Crippen LogP contribution >= 0.6 is 11.6 Å². The monoisotopic (exact) mass is 277 g/mol. The standard InChI is InChI=1S/C16H17ClFN/c1-11-4-3-5-14(16(11)17)15(19-2)10-12-6-8-13(18)9-7-12/h3-9,15,19H,10H2,1-2H3. The van der Waals surface area contributed by atoms with Gasteiger partial charge in [-0.05, 0) is 49.2 Å². The number of halogens is 2. The fourth-order valence-corrected chi connectivity index (χ4v) is 2.42. The highest BCUT2D eigenvalue weighted by Crippen LogP contribution is 2.28. The minimum atomic E-state index is -0.210. The molecule has 100 valence electrons. The van der Waals surface area contributed by atoms with Gasteiger partial charge in [0.2, 0.25) is 0 Å². The van der Waals surface area contributed by atoms with E-state index in [1.54, 1.807) is 0 Å². The van der Waals surface area contributed by atoms with Crippen LogP contribution in [0.1, 0.15) is 22.7 Å². The van der Waals surface area contributed by atoms with Crippen LogP contribution in [0.4, 0.5) is 4.39 Å². The van der Waals surface area contributed by atoms with Gasteiger partial charge >= 0.3 is 0 Å². The molecule has 1 nitrogen and oxygen atoms in total. The molecule has 0 saturated carbocycles. The lowest BCUT2D eigenvalue weighted by molar-refractivity contribution is 0.589. The van der Waals surface area contributed by atoms with E-state index in [9.17, 15) is 4.39 Å². The van der Waals surface area contributed by atoms with Crippen molar-refractivity contribution in [1.29, 1.82) is 0 Å². The Kier molecular flexibility index (Phi) is 4.56. The average Bonchev–Trinajstić information content (AvgIpc) is 2.42. The van der Waals surface area contributed by atoms with E-state index < -0.39 is 0 Å². The van der Waals surface area contributed by atoms with Gasteiger partial charge in [-0.25, -0.2) is 4.39 Å². The lowest BCUT2D eigenvalue weighted by atomic mass is 9.97. The van der Waals surface area contributed by atoms with E-state index in [0.29, 0.717) is 0 Å². The molecule has 1 atom stereocenters. The Morgan fingerprint density at radius 1 is 1.16 bits per heavy atom. The average molecular weight is 278 g/mol. The second-order valence-corrected chi connectivity index (χ2v) is 5.03. The molecule has 0 spiro atoms. The second kappa shape index (κ2) is 6.18. The molecule has 2 rings (SSSR count). The summed E-state index contributed by atoms with van der Waals surface area (Å²) in [4.78, 5) is 0. The predicted molar refractivity (Wildman–Crippen MR) is 78.1 cm³/mol. The minimum absolute atomic E-state index is 0.123. The third-order valence-corrected chi connectivity index (χ3v) is 3.81. The normalized spacial score (nSPS) is 12.4. The minimum Gasteiger partial charge on any atom is -0.313 e. The Labute approximate surface area is 118 Å². The van der Waals surface area contributed by atoms with E-state index >= 15 is 0 Å². The molecule has 0 aliphatic heterocycles. The smallest absolute Gasteiger partial charge is 0.123 e. The Balaban J connectivity index is 2.25. The summed E-state index contributed by atoms with van der Waals surface area (Å²) in [6.07, 6.45) is 0.778. The number of aryl methyl sites for hydroxylation is 1. The van der Waals surface area contributed by atoms with Crippen LogP contribution in [0.3, 0.4) is 0 Å². The molecule has 0 radical (unpaired) electrons. The molecular weight excluding hydrogens is 261 g/mol. The van der Waals surface area contributed by atoms with Gasteiger partial charge in [-0.2, -0.15) is 0 Å². The summed E-state index contributed by atoms with van der Waals surface area (Å²) in [6, 6.07) is 12.7. The zero-order chi connectivity index (χ0) is 13.8. The van der Waals surface area contributed by atoms with Crippen molar-refractivity contribution in [3.8, 4) is 0 Å². The molecular formula is C16H17ClFN. The van der Waals surface area contributed by atoms with Gasteiger partial charge in [0, 0.05) is 11.1 Å². The molecule has 0 aliphatic carbocycles. The van der Waals surface area contributed by atoms with E-state index in [2.05, 4.69) is 5.32 Å². The quantitative estimate of drug-likeness (QED) is 0.879. The highest BCUT2D eigenvalue weighted by Gasteiger charge is 2.14. The molecule has 3 heteroatoms. The predicted octanol–water partition coefficient (Wildman–Crippen LogP) is 4.29. The number of benzene rings is 2. The first kappa shape index (κ1) is 14.0. The van der Waals surface area contributed by atoms with Crippen LogP contribution in [-0.2, 0) is 6.42 Å². The first-order chi connectivity index (χ1) is 9.11. The highest BCUT2D eigenvalue weighted by molar-refractivity contribution is 6.32. The second-order valence-electron chi connectivity index (χ2n) is 4.65. The van der Waals surface area contributed by atoms with Crippen molar-refractivity contribution in [2.75, 3.05) is 7.05 Å². The fraction of sp³-hybridized carbons (Fsp3) is 0.250. The summed E-state index contributed by atoms with van der Waals surface area (Å²) in [5.41, 5.74) is 3.23. The number of hydrogen-bond acceptors (Lipinski definition) is 1. The molecule has 0 aliphatic rings. The van der Waals surface area contributed by atoms with E-state index in [1.807, 2.05) is 44.3 Å². The van der Waals surface area contributed by atoms with Crippen LogP contribution in [0.25, 0.3) is 0 Å². The van der Waals surface area contributed by atoms with Gasteiger partial charge in [0.05, 0.1) is 0 Å². The van der Waals surface area contributed by atoms with E-state index in [0.717, 1.165) is 28.1 Å². The van der Waals surface area contributed by atoms with Gasteiger partial charge in [0.1, 0.15) is 5.82 Å². The number of nitrogens with one attached hydrogen (secondary N) is 1. The maximum Gasteiger partial charge on any atom is 0.123 e. The van der Waals surface area contributed by atoms with Crippen LogP contribution in [0.2, 0.25) is 5.02 Å². The van der Waals surface area contributed by atoms with Crippen molar-refractivity contribution in [3.63, 3.8) is 0 Å². The van der Waals surface area contributed by atoms with Crippen molar-refractivity contribution >= 4 is 11.6 Å². The number of rotatable bonds is 4. The Morgan fingerprint density at radius 2 is 1.84 bits per heavy atom. The molecule has 0 heterocycles. The third-order valence-electron chi connectivity index (χ3n) is 3.30. The summed E-state index contributed by atoms with van der Waals surface area (Å²) >= 11 is 6.36. The first-order valence-corrected chi connectivity index (χ1v) is 6.66. The third kappa shape index (κ3) is 3.34. The van der Waals surface area contributed by atoms with E-state index in [1.165, 1.54) is 12.1 Å². The van der Waals surface area contributed by atoms with Crippen LogP contribution in [-0.4, -0.2) is 7.05 Å². The highest BCUT2D eigenvalue weighted by atomic mass is 35.5. The van der Waals surface area contributed by atoms with Crippen molar-refractivity contribution in [2.45, 2.75) is 19.4 Å². The van der Waals surface area contributed by atoms with Gasteiger partial charge in [-0.15, -0.1) is 0 Å². The molecule has 0 amide bonds. The van der Waals surface area contributed by atoms with Crippen LogP contribution in [0.5, 0.6) is 0 Å². The van der Waals surface area contributed by atoms with Crippen LogP contribution in [0.15, 0.2) is 42.5 Å². The first-order valence-electron chi connectivity index (χ1n) is 6.28. The topological polar surface area (TPSA) is 12.0 Å². The van der Waals surface area contributed by atoms with Gasteiger partial charge in [0.15, 0.2) is 0 Å². The summed E-state index contributed by atoms with van der Waals surface area (Å²) in [7, 11) is 1.91. The Morgan fingerprint density at radius 3 is 2.47 bits per heavy atom. The molecule has 0 saturated heterocycles. The number of hydrogen-bond donors (Lipinski definition) is 1. The zero-order valence-electron chi connectivity index (χ0n) is 11.1. The van der Waals surface area contributed by atoms with Crippen LogP contribution in [0, 0.1) is 12.7 Å². The maximum absolute atomic E-state index is 12.9. The van der Waals surface area contributed by atoms with Crippen molar-refractivity contribution < 1.29 is 4.39 Å². The van der Waals surface area contributed by atoms with Crippen molar-refractivity contribution in [1.82, 2.24) is 5.32 Å². The molecule has 2 aromatic rings. The summed E-state index contributed by atoms with van der Waals surface area (Å²) in [5, 5.41) is 4.07. The number of likely N-dealkylation sites (N-methyl/N-ethyl adjacent to an activating group) is 1. The van der Waals surface area contributed by atoms with Gasteiger partial charge in [0.25, 0.3) is 0 Å². The largest absolute Gasteiger partial charge is 0.313 e. The molecule has 0 fully saturated rings. The molecule has 1 N–H and O–H groups in total. The van der Waals surface area contributed by atoms with Crippen molar-refractivity contribution in [2.24, 2.45) is 0 Å². The fourth-order valence-electron chi connectivity index (χ4n) is 2.16.